The van der Waals surface area contributed by atoms with Crippen molar-refractivity contribution in [1.82, 2.24) is 19.4 Å². The van der Waals surface area contributed by atoms with Crippen LogP contribution in [0.25, 0.3) is 11.0 Å². The van der Waals surface area contributed by atoms with Crippen molar-refractivity contribution in [3.05, 3.63) is 29.6 Å². The van der Waals surface area contributed by atoms with E-state index >= 15 is 0 Å². The van der Waals surface area contributed by atoms with Crippen molar-refractivity contribution in [3.8, 4) is 0 Å². The molecule has 4 rings (SSSR count). The van der Waals surface area contributed by atoms with E-state index in [-0.39, 0.29) is 5.91 Å². The molecule has 2 aromatic rings. The molecule has 2 saturated heterocycles. The molecule has 170 valence electrons. The number of amides is 1. The van der Waals surface area contributed by atoms with Crippen LogP contribution >= 0.6 is 0 Å². The summed E-state index contributed by atoms with van der Waals surface area (Å²) in [7, 11) is 0. The number of rotatable bonds is 8. The topological polar surface area (TPSA) is 67.4 Å². The van der Waals surface area contributed by atoms with E-state index in [1.165, 1.54) is 45.2 Å². The molecule has 1 amide bonds. The summed E-state index contributed by atoms with van der Waals surface area (Å²) >= 11 is 0. The van der Waals surface area contributed by atoms with Crippen LogP contribution in [0.5, 0.6) is 0 Å². The van der Waals surface area contributed by atoms with Crippen LogP contribution in [-0.2, 0) is 6.54 Å². The Bertz CT molecular complexity index is 883. The zero-order valence-corrected chi connectivity index (χ0v) is 19.4. The van der Waals surface area contributed by atoms with Gasteiger partial charge < -0.3 is 15.2 Å². The predicted octanol–water partition coefficient (Wildman–Crippen LogP) is 3.99. The van der Waals surface area contributed by atoms with Gasteiger partial charge in [0.2, 0.25) is 0 Å². The molecular formula is C25H39N5O. The second kappa shape index (κ2) is 10.1. The number of hydrogen-bond acceptors (Lipinski definition) is 4. The lowest BCUT2D eigenvalue weighted by Gasteiger charge is -2.36. The maximum Gasteiger partial charge on any atom is 0.250 e. The van der Waals surface area contributed by atoms with E-state index < -0.39 is 0 Å². The first-order valence-corrected chi connectivity index (χ1v) is 12.4. The Morgan fingerprint density at radius 2 is 1.87 bits per heavy atom. The van der Waals surface area contributed by atoms with E-state index in [9.17, 15) is 4.79 Å². The van der Waals surface area contributed by atoms with Gasteiger partial charge in [-0.15, -0.1) is 0 Å². The van der Waals surface area contributed by atoms with Crippen molar-refractivity contribution in [3.63, 3.8) is 0 Å². The Hall–Kier alpha value is -1.92. The fourth-order valence-electron chi connectivity index (χ4n) is 5.69. The second-order valence-corrected chi connectivity index (χ2v) is 9.37. The summed E-state index contributed by atoms with van der Waals surface area (Å²) in [5, 5.41) is 0. The van der Waals surface area contributed by atoms with Gasteiger partial charge >= 0.3 is 0 Å². The first kappa shape index (κ1) is 22.3. The van der Waals surface area contributed by atoms with Gasteiger partial charge in [0.15, 0.2) is 0 Å². The van der Waals surface area contributed by atoms with Gasteiger partial charge in [-0.3, -0.25) is 9.69 Å². The molecule has 1 aromatic heterocycles. The highest BCUT2D eigenvalue weighted by Crippen LogP contribution is 2.32. The molecule has 2 fully saturated rings. The van der Waals surface area contributed by atoms with Gasteiger partial charge in [-0.05, 0) is 76.8 Å². The maximum absolute atomic E-state index is 12.1. The van der Waals surface area contributed by atoms with Gasteiger partial charge in [0.05, 0.1) is 11.1 Å². The fourth-order valence-corrected chi connectivity index (χ4v) is 5.69. The molecule has 1 unspecified atom stereocenters. The Morgan fingerprint density at radius 1 is 1.06 bits per heavy atom. The van der Waals surface area contributed by atoms with Gasteiger partial charge in [0.1, 0.15) is 11.3 Å². The molecule has 2 aliphatic rings. The number of primary amides is 1. The molecule has 2 N–H and O–H groups in total. The van der Waals surface area contributed by atoms with E-state index in [0.717, 1.165) is 55.9 Å². The molecule has 6 nitrogen and oxygen atoms in total. The molecule has 31 heavy (non-hydrogen) atoms. The van der Waals surface area contributed by atoms with E-state index in [1.54, 1.807) is 0 Å². The highest BCUT2D eigenvalue weighted by molar-refractivity contribution is 6.04. The van der Waals surface area contributed by atoms with Crippen molar-refractivity contribution in [2.75, 3.05) is 32.7 Å². The third kappa shape index (κ3) is 4.80. The molecule has 1 atom stereocenters. The molecule has 3 heterocycles. The van der Waals surface area contributed by atoms with Gasteiger partial charge in [-0.25, -0.2) is 4.98 Å². The third-order valence-electron chi connectivity index (χ3n) is 7.40. The fraction of sp³-hybridized carbons (Fsp3) is 0.680. The standard InChI is InChI=1S/C25H39N5O/c1-3-13-28-15-11-19(12-16-28)25-27-23-21(24(26)31)9-7-10-22(23)30(25)18-17-29-14-6-5-8-20(29)4-2/h7,9-10,19-20H,3-6,8,11-18H2,1-2H3,(H2,26,31). The smallest absolute Gasteiger partial charge is 0.250 e. The van der Waals surface area contributed by atoms with Crippen molar-refractivity contribution in [2.45, 2.75) is 77.3 Å². The molecule has 0 bridgehead atoms. The first-order chi connectivity index (χ1) is 15.1. The Kier molecular flexibility index (Phi) is 7.28. The van der Waals surface area contributed by atoms with Crippen molar-refractivity contribution < 1.29 is 4.79 Å². The average Bonchev–Trinajstić information content (AvgIpc) is 3.17. The maximum atomic E-state index is 12.1. The van der Waals surface area contributed by atoms with Gasteiger partial charge in [-0.1, -0.05) is 26.3 Å². The lowest BCUT2D eigenvalue weighted by molar-refractivity contribution is 0.100. The molecule has 2 aliphatic heterocycles. The van der Waals surface area contributed by atoms with E-state index in [2.05, 4.69) is 34.3 Å². The number of para-hydroxylation sites is 1. The molecule has 0 spiro atoms. The summed E-state index contributed by atoms with van der Waals surface area (Å²) in [5.41, 5.74) is 8.09. The van der Waals surface area contributed by atoms with Crippen LogP contribution in [0, 0.1) is 0 Å². The Balaban J connectivity index is 1.62. The van der Waals surface area contributed by atoms with Crippen LogP contribution in [0.15, 0.2) is 18.2 Å². The van der Waals surface area contributed by atoms with Crippen LogP contribution in [0.2, 0.25) is 0 Å². The number of benzene rings is 1. The van der Waals surface area contributed by atoms with Gasteiger partial charge in [0.25, 0.3) is 5.91 Å². The number of imidazole rings is 1. The predicted molar refractivity (Wildman–Crippen MR) is 126 cm³/mol. The third-order valence-corrected chi connectivity index (χ3v) is 7.40. The minimum absolute atomic E-state index is 0.387. The summed E-state index contributed by atoms with van der Waals surface area (Å²) in [6.07, 6.45) is 8.67. The van der Waals surface area contributed by atoms with Crippen LogP contribution < -0.4 is 5.73 Å². The molecule has 6 heteroatoms. The number of carbonyl (C=O) groups is 1. The number of piperidine rings is 2. The number of nitrogens with zero attached hydrogens (tertiary/aromatic N) is 4. The first-order valence-electron chi connectivity index (χ1n) is 12.4. The summed E-state index contributed by atoms with van der Waals surface area (Å²) in [5.74, 6) is 1.22. The van der Waals surface area contributed by atoms with Gasteiger partial charge in [-0.2, -0.15) is 0 Å². The van der Waals surface area contributed by atoms with Crippen LogP contribution in [-0.4, -0.2) is 64.0 Å². The molecule has 0 saturated carbocycles. The number of aromatic nitrogens is 2. The van der Waals surface area contributed by atoms with Crippen molar-refractivity contribution in [1.29, 1.82) is 0 Å². The molecular weight excluding hydrogens is 386 g/mol. The zero-order valence-electron chi connectivity index (χ0n) is 19.4. The molecule has 0 radical (unpaired) electrons. The number of nitrogens with two attached hydrogens (primary N) is 1. The summed E-state index contributed by atoms with van der Waals surface area (Å²) in [6, 6.07) is 6.57. The number of likely N-dealkylation sites (tertiary alicyclic amines) is 2. The van der Waals surface area contributed by atoms with Crippen LogP contribution in [0.4, 0.5) is 0 Å². The highest BCUT2D eigenvalue weighted by atomic mass is 16.1. The Morgan fingerprint density at radius 3 is 2.58 bits per heavy atom. The van der Waals surface area contributed by atoms with E-state index in [4.69, 9.17) is 10.7 Å². The van der Waals surface area contributed by atoms with E-state index in [0.29, 0.717) is 17.5 Å². The lowest BCUT2D eigenvalue weighted by atomic mass is 9.95. The number of fused-ring (bicyclic) bond motifs is 1. The van der Waals surface area contributed by atoms with Crippen molar-refractivity contribution in [2.24, 2.45) is 5.73 Å². The zero-order chi connectivity index (χ0) is 21.8. The minimum atomic E-state index is -0.387. The SMILES string of the molecule is CCCN1CCC(c2nc3c(C(N)=O)cccc3n2CCN2CCCCC2CC)CC1. The highest BCUT2D eigenvalue weighted by Gasteiger charge is 2.27. The van der Waals surface area contributed by atoms with Crippen molar-refractivity contribution >= 4 is 16.9 Å². The van der Waals surface area contributed by atoms with E-state index in [1.807, 2.05) is 12.1 Å². The van der Waals surface area contributed by atoms with Crippen LogP contribution in [0.1, 0.15) is 80.9 Å². The molecule has 0 aliphatic carbocycles. The molecule has 1 aromatic carbocycles. The van der Waals surface area contributed by atoms with Gasteiger partial charge in [0, 0.05) is 25.0 Å². The minimum Gasteiger partial charge on any atom is -0.366 e. The second-order valence-electron chi connectivity index (χ2n) is 9.37. The largest absolute Gasteiger partial charge is 0.366 e. The van der Waals surface area contributed by atoms with Crippen LogP contribution in [0.3, 0.4) is 0 Å². The monoisotopic (exact) mass is 425 g/mol. The summed E-state index contributed by atoms with van der Waals surface area (Å²) in [4.78, 5) is 22.4. The average molecular weight is 426 g/mol. The normalized spacial score (nSPS) is 21.7. The number of carbonyl (C=O) groups excluding carboxylic acids is 1. The Labute approximate surface area is 186 Å². The quantitative estimate of drug-likeness (QED) is 0.694. The summed E-state index contributed by atoms with van der Waals surface area (Å²) in [6.45, 7) is 11.2. The number of hydrogen-bond donors (Lipinski definition) is 1. The lowest BCUT2D eigenvalue weighted by Crippen LogP contribution is -2.41. The summed E-state index contributed by atoms with van der Waals surface area (Å²) < 4.78 is 2.41.